The number of nitrogen functional groups attached to an aromatic ring is 1. The molecular formula is C15H15N3O2. The van der Waals surface area contributed by atoms with E-state index in [1.165, 1.54) is 11.8 Å². The Balaban J connectivity index is 1.58. The lowest BCUT2D eigenvalue weighted by Gasteiger charge is -2.12. The second-order valence-corrected chi connectivity index (χ2v) is 4.73. The van der Waals surface area contributed by atoms with Gasteiger partial charge in [-0.05, 0) is 23.8 Å². The highest BCUT2D eigenvalue weighted by atomic mass is 16.5. The van der Waals surface area contributed by atoms with Gasteiger partial charge in [0.15, 0.2) is 0 Å². The molecule has 1 amide bonds. The van der Waals surface area contributed by atoms with Crippen LogP contribution in [-0.4, -0.2) is 23.5 Å². The van der Waals surface area contributed by atoms with Gasteiger partial charge in [-0.2, -0.15) is 0 Å². The molecule has 2 heterocycles. The molecule has 0 fully saturated rings. The molecule has 1 aliphatic rings. The number of fused-ring (bicyclic) bond motifs is 1. The Bertz CT molecular complexity index is 618. The third-order valence-corrected chi connectivity index (χ3v) is 3.25. The number of nitrogens with zero attached hydrogens (tertiary/aromatic N) is 1. The molecule has 1 aromatic carbocycles. The highest BCUT2D eigenvalue weighted by Gasteiger charge is 2.22. The van der Waals surface area contributed by atoms with E-state index in [1.54, 1.807) is 12.1 Å². The molecule has 0 saturated carbocycles. The molecule has 1 atom stereocenters. The van der Waals surface area contributed by atoms with Crippen molar-refractivity contribution in [1.29, 1.82) is 0 Å². The van der Waals surface area contributed by atoms with Crippen molar-refractivity contribution in [2.45, 2.75) is 12.5 Å². The van der Waals surface area contributed by atoms with E-state index in [0.29, 0.717) is 17.9 Å². The molecule has 0 radical (unpaired) electrons. The quantitative estimate of drug-likeness (QED) is 0.883. The first-order valence-corrected chi connectivity index (χ1v) is 6.46. The van der Waals surface area contributed by atoms with Crippen LogP contribution in [0.5, 0.6) is 5.75 Å². The van der Waals surface area contributed by atoms with Crippen LogP contribution in [-0.2, 0) is 6.42 Å². The summed E-state index contributed by atoms with van der Waals surface area (Å²) in [4.78, 5) is 15.8. The van der Waals surface area contributed by atoms with Gasteiger partial charge in [-0.25, -0.2) is 4.98 Å². The Kier molecular flexibility index (Phi) is 3.25. The SMILES string of the molecule is Nc1cc(C(=O)NCC2Cc3ccccc3O2)ccn1. The minimum Gasteiger partial charge on any atom is -0.488 e. The summed E-state index contributed by atoms with van der Waals surface area (Å²) < 4.78 is 5.77. The molecule has 1 unspecified atom stereocenters. The molecule has 3 rings (SSSR count). The van der Waals surface area contributed by atoms with Crippen molar-refractivity contribution in [3.05, 3.63) is 53.7 Å². The van der Waals surface area contributed by atoms with E-state index in [-0.39, 0.29) is 12.0 Å². The van der Waals surface area contributed by atoms with E-state index in [1.807, 2.05) is 24.3 Å². The number of nitrogens with one attached hydrogen (secondary N) is 1. The number of benzene rings is 1. The average molecular weight is 269 g/mol. The van der Waals surface area contributed by atoms with Gasteiger partial charge in [0, 0.05) is 18.2 Å². The standard InChI is InChI=1S/C15H15N3O2/c16-14-8-11(5-6-17-14)15(19)18-9-12-7-10-3-1-2-4-13(10)20-12/h1-6,8,12H,7,9H2,(H2,16,17)(H,18,19). The average Bonchev–Trinajstić information content (AvgIpc) is 2.87. The topological polar surface area (TPSA) is 77.2 Å². The zero-order valence-corrected chi connectivity index (χ0v) is 10.9. The van der Waals surface area contributed by atoms with Gasteiger partial charge in [-0.15, -0.1) is 0 Å². The summed E-state index contributed by atoms with van der Waals surface area (Å²) in [6.45, 7) is 0.468. The number of pyridine rings is 1. The third kappa shape index (κ3) is 2.56. The summed E-state index contributed by atoms with van der Waals surface area (Å²) in [6.07, 6.45) is 2.32. The predicted octanol–water partition coefficient (Wildman–Crippen LogP) is 1.40. The number of anilines is 1. The van der Waals surface area contributed by atoms with Crippen LogP contribution < -0.4 is 15.8 Å². The Labute approximate surface area is 116 Å². The monoisotopic (exact) mass is 269 g/mol. The fourth-order valence-electron chi connectivity index (χ4n) is 2.27. The first-order chi connectivity index (χ1) is 9.72. The van der Waals surface area contributed by atoms with Crippen LogP contribution in [0.4, 0.5) is 5.82 Å². The summed E-state index contributed by atoms with van der Waals surface area (Å²) in [6, 6.07) is 11.1. The largest absolute Gasteiger partial charge is 0.488 e. The Morgan fingerprint density at radius 1 is 1.40 bits per heavy atom. The van der Waals surface area contributed by atoms with Crippen LogP contribution >= 0.6 is 0 Å². The van der Waals surface area contributed by atoms with E-state index >= 15 is 0 Å². The molecule has 5 heteroatoms. The minimum atomic E-state index is -0.168. The number of rotatable bonds is 3. The Morgan fingerprint density at radius 2 is 2.25 bits per heavy atom. The number of carbonyl (C=O) groups is 1. The summed E-state index contributed by atoms with van der Waals surface area (Å²) >= 11 is 0. The van der Waals surface area contributed by atoms with Gasteiger partial charge in [-0.3, -0.25) is 4.79 Å². The van der Waals surface area contributed by atoms with Gasteiger partial charge < -0.3 is 15.8 Å². The minimum absolute atomic E-state index is 0.0180. The van der Waals surface area contributed by atoms with Crippen molar-refractivity contribution in [1.82, 2.24) is 10.3 Å². The van der Waals surface area contributed by atoms with E-state index < -0.39 is 0 Å². The fourth-order valence-corrected chi connectivity index (χ4v) is 2.27. The lowest BCUT2D eigenvalue weighted by Crippen LogP contribution is -2.34. The molecule has 0 saturated heterocycles. The van der Waals surface area contributed by atoms with Crippen LogP contribution in [0, 0.1) is 0 Å². The number of para-hydroxylation sites is 1. The maximum absolute atomic E-state index is 12.0. The van der Waals surface area contributed by atoms with E-state index in [9.17, 15) is 4.79 Å². The van der Waals surface area contributed by atoms with Crippen molar-refractivity contribution in [2.24, 2.45) is 0 Å². The number of amides is 1. The van der Waals surface area contributed by atoms with Gasteiger partial charge in [0.05, 0.1) is 6.54 Å². The molecule has 102 valence electrons. The number of aromatic nitrogens is 1. The van der Waals surface area contributed by atoms with Crippen molar-refractivity contribution in [2.75, 3.05) is 12.3 Å². The van der Waals surface area contributed by atoms with Gasteiger partial charge >= 0.3 is 0 Å². The number of nitrogens with two attached hydrogens (primary N) is 1. The highest BCUT2D eigenvalue weighted by molar-refractivity contribution is 5.94. The van der Waals surface area contributed by atoms with Crippen molar-refractivity contribution in [3.63, 3.8) is 0 Å². The normalized spacial score (nSPS) is 16.3. The summed E-state index contributed by atoms with van der Waals surface area (Å²) in [5.74, 6) is 1.07. The van der Waals surface area contributed by atoms with Crippen molar-refractivity contribution in [3.8, 4) is 5.75 Å². The zero-order chi connectivity index (χ0) is 13.9. The number of carbonyl (C=O) groups excluding carboxylic acids is 1. The second kappa shape index (κ2) is 5.21. The molecule has 0 spiro atoms. The molecule has 3 N–H and O–H groups in total. The fraction of sp³-hybridized carbons (Fsp3) is 0.200. The van der Waals surface area contributed by atoms with Gasteiger partial charge in [0.1, 0.15) is 17.7 Å². The van der Waals surface area contributed by atoms with E-state index in [4.69, 9.17) is 10.5 Å². The van der Waals surface area contributed by atoms with E-state index in [2.05, 4.69) is 10.3 Å². The summed E-state index contributed by atoms with van der Waals surface area (Å²) in [5, 5.41) is 2.86. The molecule has 1 aliphatic heterocycles. The molecule has 2 aromatic rings. The van der Waals surface area contributed by atoms with Crippen LogP contribution in [0.3, 0.4) is 0 Å². The first-order valence-electron chi connectivity index (χ1n) is 6.46. The smallest absolute Gasteiger partial charge is 0.251 e. The van der Waals surface area contributed by atoms with E-state index in [0.717, 1.165) is 12.2 Å². The van der Waals surface area contributed by atoms with Crippen LogP contribution in [0.2, 0.25) is 0 Å². The van der Waals surface area contributed by atoms with Gasteiger partial charge in [-0.1, -0.05) is 18.2 Å². The molecule has 0 aliphatic carbocycles. The highest BCUT2D eigenvalue weighted by Crippen LogP contribution is 2.27. The lowest BCUT2D eigenvalue weighted by molar-refractivity contribution is 0.0933. The zero-order valence-electron chi connectivity index (χ0n) is 10.9. The molecule has 20 heavy (non-hydrogen) atoms. The van der Waals surface area contributed by atoms with Crippen LogP contribution in [0.1, 0.15) is 15.9 Å². The first kappa shape index (κ1) is 12.5. The molecule has 5 nitrogen and oxygen atoms in total. The molecule has 0 bridgehead atoms. The van der Waals surface area contributed by atoms with Crippen molar-refractivity contribution < 1.29 is 9.53 Å². The second-order valence-electron chi connectivity index (χ2n) is 4.73. The summed E-state index contributed by atoms with van der Waals surface area (Å²) in [7, 11) is 0. The molecular weight excluding hydrogens is 254 g/mol. The van der Waals surface area contributed by atoms with Gasteiger partial charge in [0.25, 0.3) is 5.91 Å². The maximum Gasteiger partial charge on any atom is 0.251 e. The van der Waals surface area contributed by atoms with Gasteiger partial charge in [0.2, 0.25) is 0 Å². The van der Waals surface area contributed by atoms with Crippen molar-refractivity contribution >= 4 is 11.7 Å². The number of hydrogen-bond donors (Lipinski definition) is 2. The Morgan fingerprint density at radius 3 is 3.05 bits per heavy atom. The summed E-state index contributed by atoms with van der Waals surface area (Å²) in [5.41, 5.74) is 7.24. The number of hydrogen-bond acceptors (Lipinski definition) is 4. The molecule has 1 aromatic heterocycles. The number of ether oxygens (including phenoxy) is 1. The third-order valence-electron chi connectivity index (χ3n) is 3.25. The predicted molar refractivity (Wildman–Crippen MR) is 75.5 cm³/mol. The lowest BCUT2D eigenvalue weighted by atomic mass is 10.1. The Hall–Kier alpha value is -2.56. The van der Waals surface area contributed by atoms with Crippen LogP contribution in [0.25, 0.3) is 0 Å². The maximum atomic E-state index is 12.0. The van der Waals surface area contributed by atoms with Crippen LogP contribution in [0.15, 0.2) is 42.6 Å².